The van der Waals surface area contributed by atoms with Crippen LogP contribution in [0, 0.1) is 5.82 Å². The third kappa shape index (κ3) is 2.96. The molecule has 0 saturated heterocycles. The second kappa shape index (κ2) is 6.20. The zero-order valence-electron chi connectivity index (χ0n) is 12.4. The van der Waals surface area contributed by atoms with Crippen LogP contribution in [-0.2, 0) is 6.54 Å². The average molecular weight is 391 g/mol. The van der Waals surface area contributed by atoms with Crippen molar-refractivity contribution in [3.8, 4) is 22.9 Å². The van der Waals surface area contributed by atoms with Gasteiger partial charge in [-0.05, 0) is 35.0 Å². The number of ether oxygens (including phenoxy) is 2. The molecule has 0 aliphatic carbocycles. The second-order valence-electron chi connectivity index (χ2n) is 5.24. The van der Waals surface area contributed by atoms with Crippen molar-refractivity contribution in [1.29, 1.82) is 0 Å². The SMILES string of the molecule is Fc1cccc(-c2nnn(Cc3cc4c(cc3Br)OCCO4)n2)c1. The fourth-order valence-corrected chi connectivity index (χ4v) is 2.88. The molecule has 0 radical (unpaired) electrons. The van der Waals surface area contributed by atoms with Crippen LogP contribution in [0.4, 0.5) is 4.39 Å². The van der Waals surface area contributed by atoms with Crippen LogP contribution in [0.5, 0.6) is 11.5 Å². The van der Waals surface area contributed by atoms with Crippen molar-refractivity contribution < 1.29 is 13.9 Å². The fourth-order valence-electron chi connectivity index (χ4n) is 2.43. The van der Waals surface area contributed by atoms with Gasteiger partial charge in [0.1, 0.15) is 19.0 Å². The first-order chi connectivity index (χ1) is 11.7. The maximum absolute atomic E-state index is 13.3. The summed E-state index contributed by atoms with van der Waals surface area (Å²) in [5, 5.41) is 12.3. The predicted molar refractivity (Wildman–Crippen MR) is 87.4 cm³/mol. The Hall–Kier alpha value is -2.48. The highest BCUT2D eigenvalue weighted by Crippen LogP contribution is 2.35. The van der Waals surface area contributed by atoms with Crippen molar-refractivity contribution in [3.63, 3.8) is 0 Å². The Labute approximate surface area is 145 Å². The first kappa shape index (κ1) is 15.1. The topological polar surface area (TPSA) is 62.1 Å². The molecule has 2 aromatic carbocycles. The van der Waals surface area contributed by atoms with E-state index in [-0.39, 0.29) is 5.82 Å². The summed E-state index contributed by atoms with van der Waals surface area (Å²) in [6, 6.07) is 9.87. The van der Waals surface area contributed by atoms with Gasteiger partial charge in [-0.3, -0.25) is 0 Å². The summed E-state index contributed by atoms with van der Waals surface area (Å²) in [5.74, 6) is 1.45. The van der Waals surface area contributed by atoms with Crippen LogP contribution in [0.25, 0.3) is 11.4 Å². The minimum Gasteiger partial charge on any atom is -0.486 e. The Balaban J connectivity index is 1.60. The van der Waals surface area contributed by atoms with Crippen molar-refractivity contribution >= 4 is 15.9 Å². The summed E-state index contributed by atoms with van der Waals surface area (Å²) >= 11 is 3.52. The van der Waals surface area contributed by atoms with Gasteiger partial charge in [0.05, 0.1) is 6.54 Å². The minimum atomic E-state index is -0.335. The molecule has 24 heavy (non-hydrogen) atoms. The molecule has 1 aliphatic rings. The van der Waals surface area contributed by atoms with Crippen molar-refractivity contribution in [2.24, 2.45) is 0 Å². The molecule has 6 nitrogen and oxygen atoms in total. The van der Waals surface area contributed by atoms with Gasteiger partial charge in [0, 0.05) is 10.0 Å². The van der Waals surface area contributed by atoms with Gasteiger partial charge in [-0.1, -0.05) is 28.1 Å². The largest absolute Gasteiger partial charge is 0.486 e. The molecule has 0 spiro atoms. The number of fused-ring (bicyclic) bond motifs is 1. The Morgan fingerprint density at radius 1 is 1.12 bits per heavy atom. The van der Waals surface area contributed by atoms with E-state index in [0.29, 0.717) is 42.6 Å². The van der Waals surface area contributed by atoms with E-state index in [1.165, 1.54) is 16.9 Å². The van der Waals surface area contributed by atoms with E-state index in [0.717, 1.165) is 10.0 Å². The normalized spacial score (nSPS) is 13.1. The van der Waals surface area contributed by atoms with Gasteiger partial charge in [-0.2, -0.15) is 4.80 Å². The molecule has 0 bridgehead atoms. The molecule has 8 heteroatoms. The Morgan fingerprint density at radius 2 is 1.92 bits per heavy atom. The molecule has 2 heterocycles. The van der Waals surface area contributed by atoms with E-state index in [9.17, 15) is 4.39 Å². The summed E-state index contributed by atoms with van der Waals surface area (Å²) in [6.07, 6.45) is 0. The van der Waals surface area contributed by atoms with Crippen molar-refractivity contribution in [3.05, 3.63) is 52.3 Å². The second-order valence-corrected chi connectivity index (χ2v) is 6.10. The monoisotopic (exact) mass is 390 g/mol. The van der Waals surface area contributed by atoms with Gasteiger partial charge in [0.25, 0.3) is 0 Å². The number of benzene rings is 2. The van der Waals surface area contributed by atoms with Crippen LogP contribution in [0.2, 0.25) is 0 Å². The summed E-state index contributed by atoms with van der Waals surface area (Å²) in [6.45, 7) is 1.47. The summed E-state index contributed by atoms with van der Waals surface area (Å²) in [4.78, 5) is 1.45. The third-order valence-corrected chi connectivity index (χ3v) is 4.30. The van der Waals surface area contributed by atoms with Crippen molar-refractivity contribution in [2.45, 2.75) is 6.54 Å². The highest BCUT2D eigenvalue weighted by Gasteiger charge is 2.16. The molecule has 0 N–H and O–H groups in total. The molecule has 4 rings (SSSR count). The smallest absolute Gasteiger partial charge is 0.205 e. The first-order valence-corrected chi connectivity index (χ1v) is 8.10. The molecule has 0 atom stereocenters. The van der Waals surface area contributed by atoms with Gasteiger partial charge < -0.3 is 9.47 Å². The number of halogens is 2. The number of tetrazole rings is 1. The molecule has 0 fully saturated rings. The van der Waals surface area contributed by atoms with E-state index in [1.54, 1.807) is 12.1 Å². The molecule has 3 aromatic rings. The zero-order chi connectivity index (χ0) is 16.5. The van der Waals surface area contributed by atoms with Crippen LogP contribution in [-0.4, -0.2) is 33.4 Å². The highest BCUT2D eigenvalue weighted by atomic mass is 79.9. The summed E-state index contributed by atoms with van der Waals surface area (Å²) < 4.78 is 25.3. The molecule has 0 unspecified atom stereocenters. The Morgan fingerprint density at radius 3 is 2.71 bits per heavy atom. The molecule has 122 valence electrons. The van der Waals surface area contributed by atoms with Gasteiger partial charge in [0.2, 0.25) is 5.82 Å². The van der Waals surface area contributed by atoms with E-state index >= 15 is 0 Å². The van der Waals surface area contributed by atoms with Crippen LogP contribution in [0.15, 0.2) is 40.9 Å². The predicted octanol–water partition coefficient (Wildman–Crippen LogP) is 3.06. The van der Waals surface area contributed by atoms with Crippen molar-refractivity contribution in [1.82, 2.24) is 20.2 Å². The molecule has 1 aromatic heterocycles. The molecular weight excluding hydrogens is 379 g/mol. The van der Waals surface area contributed by atoms with E-state index in [4.69, 9.17) is 9.47 Å². The zero-order valence-corrected chi connectivity index (χ0v) is 14.0. The first-order valence-electron chi connectivity index (χ1n) is 7.31. The molecular formula is C16H12BrFN4O2. The summed E-state index contributed by atoms with van der Waals surface area (Å²) in [7, 11) is 0. The lowest BCUT2D eigenvalue weighted by atomic mass is 10.2. The third-order valence-electron chi connectivity index (χ3n) is 3.56. The maximum atomic E-state index is 13.3. The highest BCUT2D eigenvalue weighted by molar-refractivity contribution is 9.10. The standard InChI is InChI=1S/C16H12BrFN4O2/c17-13-8-15-14(23-4-5-24-15)7-11(13)9-22-20-16(19-21-22)10-2-1-3-12(18)6-10/h1-3,6-8H,4-5,9H2. The number of aromatic nitrogens is 4. The van der Waals surface area contributed by atoms with E-state index < -0.39 is 0 Å². The lowest BCUT2D eigenvalue weighted by molar-refractivity contribution is 0.171. The number of nitrogens with zero attached hydrogens (tertiary/aromatic N) is 4. The van der Waals surface area contributed by atoms with Crippen LogP contribution < -0.4 is 9.47 Å². The Kier molecular flexibility index (Phi) is 3.89. The fraction of sp³-hybridized carbons (Fsp3) is 0.188. The average Bonchev–Trinajstić information content (AvgIpc) is 3.04. The number of hydrogen-bond acceptors (Lipinski definition) is 5. The number of hydrogen-bond donors (Lipinski definition) is 0. The van der Waals surface area contributed by atoms with Crippen LogP contribution >= 0.6 is 15.9 Å². The Bertz CT molecular complexity index is 900. The van der Waals surface area contributed by atoms with Gasteiger partial charge in [-0.15, -0.1) is 10.2 Å². The lowest BCUT2D eigenvalue weighted by Crippen LogP contribution is -2.16. The van der Waals surface area contributed by atoms with Gasteiger partial charge in [0.15, 0.2) is 11.5 Å². The molecule has 0 amide bonds. The molecule has 1 aliphatic heterocycles. The van der Waals surface area contributed by atoms with Crippen LogP contribution in [0.3, 0.4) is 0 Å². The van der Waals surface area contributed by atoms with Crippen LogP contribution in [0.1, 0.15) is 5.56 Å². The quantitative estimate of drug-likeness (QED) is 0.687. The van der Waals surface area contributed by atoms with Gasteiger partial charge in [-0.25, -0.2) is 4.39 Å². The molecule has 0 saturated carbocycles. The maximum Gasteiger partial charge on any atom is 0.205 e. The van der Waals surface area contributed by atoms with Crippen molar-refractivity contribution in [2.75, 3.05) is 13.2 Å². The van der Waals surface area contributed by atoms with E-state index in [2.05, 4.69) is 31.3 Å². The minimum absolute atomic E-state index is 0.335. The number of rotatable bonds is 3. The lowest BCUT2D eigenvalue weighted by Gasteiger charge is -2.19. The van der Waals surface area contributed by atoms with E-state index in [1.807, 2.05) is 12.1 Å². The van der Waals surface area contributed by atoms with Gasteiger partial charge >= 0.3 is 0 Å². The summed E-state index contributed by atoms with van der Waals surface area (Å²) in [5.41, 5.74) is 1.52.